The second kappa shape index (κ2) is 16.0. The molecule has 56 heavy (non-hydrogen) atoms. The van der Waals surface area contributed by atoms with Crippen molar-refractivity contribution in [2.45, 2.75) is 77.5 Å². The lowest BCUT2D eigenvalue weighted by Gasteiger charge is -2.30. The van der Waals surface area contributed by atoms with E-state index in [1.54, 1.807) is 16.0 Å². The fourth-order valence-corrected chi connectivity index (χ4v) is 7.87. The van der Waals surface area contributed by atoms with Gasteiger partial charge in [0.05, 0.1) is 43.7 Å². The molecule has 7 rings (SSSR count). The molecule has 0 saturated carbocycles. The number of H-pyrrole nitrogens is 2. The molecule has 4 N–H and O–H groups in total. The number of fused-ring (bicyclic) bond motifs is 2. The summed E-state index contributed by atoms with van der Waals surface area (Å²) < 4.78 is 9.53. The Morgan fingerprint density at radius 3 is 1.82 bits per heavy atom. The lowest BCUT2D eigenvalue weighted by molar-refractivity contribution is -0.136. The minimum absolute atomic E-state index is 0.111. The summed E-state index contributed by atoms with van der Waals surface area (Å²) in [4.78, 5) is 75.8. The fraction of sp³-hybridized carbons (Fsp3) is 0.439. The number of rotatable bonds is 10. The molecule has 0 aliphatic carbocycles. The molecule has 0 bridgehead atoms. The van der Waals surface area contributed by atoms with E-state index in [-0.39, 0.29) is 35.7 Å². The molecule has 2 aromatic carbocycles. The van der Waals surface area contributed by atoms with Gasteiger partial charge in [0.15, 0.2) is 5.65 Å². The predicted octanol–water partition coefficient (Wildman–Crippen LogP) is 6.26. The Bertz CT molecular complexity index is 2260. The normalized spacial score (nSPS) is 18.1. The highest BCUT2D eigenvalue weighted by Gasteiger charge is 2.39. The monoisotopic (exact) mass is 763 g/mol. The van der Waals surface area contributed by atoms with E-state index < -0.39 is 24.3 Å². The number of aromatic amines is 2. The molecule has 15 heteroatoms. The van der Waals surface area contributed by atoms with Gasteiger partial charge in [0.2, 0.25) is 11.8 Å². The second-order valence-corrected chi connectivity index (χ2v) is 15.3. The van der Waals surface area contributed by atoms with Crippen molar-refractivity contribution in [2.24, 2.45) is 11.8 Å². The van der Waals surface area contributed by atoms with Gasteiger partial charge >= 0.3 is 12.2 Å². The van der Waals surface area contributed by atoms with Gasteiger partial charge < -0.3 is 39.9 Å². The Hall–Kier alpha value is -5.99. The summed E-state index contributed by atoms with van der Waals surface area (Å²) in [5.41, 5.74) is 5.10. The van der Waals surface area contributed by atoms with Crippen LogP contribution in [-0.2, 0) is 19.1 Å². The van der Waals surface area contributed by atoms with E-state index in [9.17, 15) is 19.2 Å². The molecule has 0 spiro atoms. The van der Waals surface area contributed by atoms with Crippen LogP contribution in [0.15, 0.2) is 54.9 Å². The molecule has 294 valence electrons. The molecule has 5 heterocycles. The van der Waals surface area contributed by atoms with Gasteiger partial charge in [0.25, 0.3) is 0 Å². The van der Waals surface area contributed by atoms with E-state index >= 15 is 0 Å². The topological polar surface area (TPSA) is 188 Å². The number of carbonyl (C=O) groups is 4. The number of likely N-dealkylation sites (tertiary alicyclic amines) is 2. The molecule has 15 nitrogen and oxygen atoms in total. The number of benzene rings is 2. The molecule has 2 aliphatic heterocycles. The summed E-state index contributed by atoms with van der Waals surface area (Å²) in [6.07, 6.45) is 5.55. The molecule has 4 unspecified atom stereocenters. The molecule has 3 aromatic heterocycles. The fourth-order valence-electron chi connectivity index (χ4n) is 7.87. The number of amides is 4. The lowest BCUT2D eigenvalue weighted by Crippen LogP contribution is -2.51. The summed E-state index contributed by atoms with van der Waals surface area (Å²) in [5.74, 6) is 0.853. The maximum atomic E-state index is 13.6. The van der Waals surface area contributed by atoms with Crippen LogP contribution in [0.2, 0.25) is 0 Å². The van der Waals surface area contributed by atoms with E-state index in [1.807, 2.05) is 40.0 Å². The van der Waals surface area contributed by atoms with Gasteiger partial charge in [-0.15, -0.1) is 0 Å². The van der Waals surface area contributed by atoms with E-state index in [4.69, 9.17) is 19.4 Å². The van der Waals surface area contributed by atoms with Crippen LogP contribution in [0.3, 0.4) is 0 Å². The van der Waals surface area contributed by atoms with Crippen molar-refractivity contribution < 1.29 is 28.7 Å². The third-order valence-corrected chi connectivity index (χ3v) is 10.9. The third kappa shape index (κ3) is 7.62. The second-order valence-electron chi connectivity index (χ2n) is 15.3. The predicted molar refractivity (Wildman–Crippen MR) is 210 cm³/mol. The lowest BCUT2D eigenvalue weighted by atomic mass is 10.00. The van der Waals surface area contributed by atoms with Gasteiger partial charge in [0, 0.05) is 30.4 Å². The number of hydrogen-bond donors (Lipinski definition) is 4. The van der Waals surface area contributed by atoms with E-state index in [2.05, 4.69) is 62.0 Å². The van der Waals surface area contributed by atoms with Crippen LogP contribution in [0.5, 0.6) is 0 Å². The first-order valence-corrected chi connectivity index (χ1v) is 19.2. The summed E-state index contributed by atoms with van der Waals surface area (Å²) in [7, 11) is 2.57. The number of nitrogens with one attached hydrogen (secondary N) is 4. The number of aromatic nitrogens is 5. The Morgan fingerprint density at radius 2 is 1.25 bits per heavy atom. The van der Waals surface area contributed by atoms with Crippen molar-refractivity contribution in [2.75, 3.05) is 27.3 Å². The molecule has 2 saturated heterocycles. The van der Waals surface area contributed by atoms with Crippen molar-refractivity contribution in [3.8, 4) is 22.4 Å². The Labute approximate surface area is 324 Å². The van der Waals surface area contributed by atoms with Crippen LogP contribution in [0, 0.1) is 11.8 Å². The van der Waals surface area contributed by atoms with Crippen molar-refractivity contribution in [1.29, 1.82) is 0 Å². The molecular formula is C41H49N9O6. The van der Waals surface area contributed by atoms with Crippen LogP contribution in [-0.4, -0.2) is 98.1 Å². The van der Waals surface area contributed by atoms with Gasteiger partial charge in [-0.1, -0.05) is 52.0 Å². The molecule has 4 atom stereocenters. The quantitative estimate of drug-likeness (QED) is 0.127. The number of pyridine rings is 1. The number of hydrogen-bond acceptors (Lipinski definition) is 9. The minimum Gasteiger partial charge on any atom is -0.453 e. The Morgan fingerprint density at radius 1 is 0.696 bits per heavy atom. The molecular weight excluding hydrogens is 715 g/mol. The van der Waals surface area contributed by atoms with Crippen LogP contribution in [0.1, 0.15) is 77.1 Å². The van der Waals surface area contributed by atoms with Crippen LogP contribution < -0.4 is 10.6 Å². The van der Waals surface area contributed by atoms with Crippen molar-refractivity contribution in [3.05, 3.63) is 66.5 Å². The summed E-state index contributed by atoms with van der Waals surface area (Å²) in [6.45, 7) is 8.75. The van der Waals surface area contributed by atoms with Gasteiger partial charge in [-0.2, -0.15) is 0 Å². The first-order chi connectivity index (χ1) is 26.9. The zero-order valence-electron chi connectivity index (χ0n) is 32.6. The maximum Gasteiger partial charge on any atom is 0.407 e. The van der Waals surface area contributed by atoms with Gasteiger partial charge in [-0.25, -0.2) is 24.5 Å². The standard InChI is InChI=1S/C41H49N9O6/c1-22(2)33(46-40(53)55-5)38(51)49-15-7-9-31(49)36-43-21-30(45-36)27-14-13-24-17-26(12-11-25(24)18-27)28-19-29-35(42-20-28)48-37(44-29)32-10-8-16-50(32)39(52)34(23(3)4)47-41(54)56-6/h11-14,17-23,31-34H,7-10,15-16H2,1-6H3,(H,43,45)(H,46,53)(H,47,54)(H,42,44,48). The SMILES string of the molecule is COC(=O)NC(C(=O)N1CCCC1c1ncc(-c2ccc3cc(-c4cnc5nc(C6CCCN6C(=O)C(NC(=O)OC)C(C)C)[nH]c5c4)ccc3c2)[nH]1)C(C)C. The first-order valence-electron chi connectivity index (χ1n) is 19.2. The third-order valence-electron chi connectivity index (χ3n) is 10.9. The Balaban J connectivity index is 1.07. The largest absolute Gasteiger partial charge is 0.453 e. The van der Waals surface area contributed by atoms with Crippen molar-refractivity contribution >= 4 is 45.9 Å². The van der Waals surface area contributed by atoms with Crippen molar-refractivity contribution in [1.82, 2.24) is 45.4 Å². The van der Waals surface area contributed by atoms with Crippen LogP contribution >= 0.6 is 0 Å². The van der Waals surface area contributed by atoms with Gasteiger partial charge in [-0.3, -0.25) is 9.59 Å². The van der Waals surface area contributed by atoms with Gasteiger partial charge in [-0.05, 0) is 72.1 Å². The van der Waals surface area contributed by atoms with E-state index in [0.29, 0.717) is 30.4 Å². The molecule has 4 amide bonds. The average molecular weight is 764 g/mol. The summed E-state index contributed by atoms with van der Waals surface area (Å²) >= 11 is 0. The zero-order valence-corrected chi connectivity index (χ0v) is 32.6. The number of nitrogens with zero attached hydrogens (tertiary/aromatic N) is 5. The first kappa shape index (κ1) is 38.3. The summed E-state index contributed by atoms with van der Waals surface area (Å²) in [6, 6.07) is 12.7. The molecule has 5 aromatic rings. The number of methoxy groups -OCH3 is 2. The minimum atomic E-state index is -0.708. The highest BCUT2D eigenvalue weighted by Crippen LogP contribution is 2.35. The van der Waals surface area contributed by atoms with E-state index in [1.165, 1.54) is 14.2 Å². The zero-order chi connectivity index (χ0) is 39.7. The van der Waals surface area contributed by atoms with Gasteiger partial charge in [0.1, 0.15) is 23.7 Å². The average Bonchev–Trinajstić information content (AvgIpc) is 4.03. The van der Waals surface area contributed by atoms with Crippen LogP contribution in [0.25, 0.3) is 44.3 Å². The summed E-state index contributed by atoms with van der Waals surface area (Å²) in [5, 5.41) is 7.50. The Kier molecular flexibility index (Phi) is 10.9. The molecule has 0 radical (unpaired) electrons. The van der Waals surface area contributed by atoms with Crippen molar-refractivity contribution in [3.63, 3.8) is 0 Å². The smallest absolute Gasteiger partial charge is 0.407 e. The molecule has 2 aliphatic rings. The highest BCUT2D eigenvalue weighted by molar-refractivity contribution is 5.92. The maximum absolute atomic E-state index is 13.6. The molecule has 2 fully saturated rings. The van der Waals surface area contributed by atoms with E-state index in [0.717, 1.165) is 64.4 Å². The number of alkyl carbamates (subject to hydrolysis) is 2. The van der Waals surface area contributed by atoms with Crippen LogP contribution in [0.4, 0.5) is 9.59 Å². The number of ether oxygens (including phenoxy) is 2. The highest BCUT2D eigenvalue weighted by atomic mass is 16.5. The number of imidazole rings is 2. The number of carbonyl (C=O) groups excluding carboxylic acids is 4.